The van der Waals surface area contributed by atoms with Gasteiger partial charge in [0, 0.05) is 25.3 Å². The van der Waals surface area contributed by atoms with Crippen molar-refractivity contribution in [2.75, 3.05) is 26.3 Å². The van der Waals surface area contributed by atoms with Crippen LogP contribution in [0.15, 0.2) is 54.6 Å². The molecule has 2 N–H and O–H groups in total. The second-order valence-corrected chi connectivity index (χ2v) is 6.83. The smallest absolute Gasteiger partial charge is 0.254 e. The Morgan fingerprint density at radius 2 is 2.04 bits per heavy atom. The Morgan fingerprint density at radius 3 is 2.78 bits per heavy atom. The lowest BCUT2D eigenvalue weighted by molar-refractivity contribution is 0.0677. The van der Waals surface area contributed by atoms with Crippen LogP contribution in [0.1, 0.15) is 35.2 Å². The molecule has 1 fully saturated rings. The molecule has 1 unspecified atom stereocenters. The van der Waals surface area contributed by atoms with Crippen LogP contribution >= 0.6 is 0 Å². The van der Waals surface area contributed by atoms with E-state index in [9.17, 15) is 4.79 Å². The molecule has 5 heteroatoms. The summed E-state index contributed by atoms with van der Waals surface area (Å²) in [6.45, 7) is 3.09. The van der Waals surface area contributed by atoms with E-state index in [0.29, 0.717) is 37.6 Å². The molecule has 1 amide bonds. The zero-order valence-electron chi connectivity index (χ0n) is 15.7. The van der Waals surface area contributed by atoms with E-state index in [1.54, 1.807) is 0 Å². The summed E-state index contributed by atoms with van der Waals surface area (Å²) >= 11 is 0. The highest BCUT2D eigenvalue weighted by atomic mass is 16.5. The Morgan fingerprint density at radius 1 is 1.19 bits per heavy atom. The minimum Gasteiger partial charge on any atom is -0.491 e. The van der Waals surface area contributed by atoms with E-state index in [0.717, 1.165) is 31.4 Å². The molecule has 1 heterocycles. The van der Waals surface area contributed by atoms with Gasteiger partial charge in [0.05, 0.1) is 6.10 Å². The van der Waals surface area contributed by atoms with Gasteiger partial charge >= 0.3 is 0 Å². The zero-order chi connectivity index (χ0) is 18.9. The highest BCUT2D eigenvalue weighted by molar-refractivity contribution is 5.94. The van der Waals surface area contributed by atoms with Crippen molar-refractivity contribution in [3.8, 4) is 5.75 Å². The highest BCUT2D eigenvalue weighted by Crippen LogP contribution is 2.19. The molecule has 1 aliphatic rings. The summed E-state index contributed by atoms with van der Waals surface area (Å²) in [6.07, 6.45) is 3.04. The number of amides is 1. The Bertz CT molecular complexity index is 715. The second kappa shape index (κ2) is 10.1. The molecule has 27 heavy (non-hydrogen) atoms. The van der Waals surface area contributed by atoms with Gasteiger partial charge < -0.3 is 20.1 Å². The molecule has 0 aliphatic carbocycles. The molecule has 1 aliphatic heterocycles. The van der Waals surface area contributed by atoms with Crippen LogP contribution in [0.4, 0.5) is 0 Å². The number of benzene rings is 2. The number of ether oxygens (including phenoxy) is 2. The first-order chi connectivity index (χ1) is 13.3. The van der Waals surface area contributed by atoms with Crippen molar-refractivity contribution in [1.29, 1.82) is 0 Å². The molecule has 0 radical (unpaired) electrons. The van der Waals surface area contributed by atoms with Crippen LogP contribution in [0.5, 0.6) is 5.75 Å². The Hall–Kier alpha value is -2.37. The number of nitrogens with two attached hydrogens (primary N) is 1. The summed E-state index contributed by atoms with van der Waals surface area (Å²) in [5.74, 6) is 0.699. The summed E-state index contributed by atoms with van der Waals surface area (Å²) in [7, 11) is 0. The van der Waals surface area contributed by atoms with Gasteiger partial charge in [-0.1, -0.05) is 36.4 Å². The monoisotopic (exact) mass is 368 g/mol. The quantitative estimate of drug-likeness (QED) is 0.738. The van der Waals surface area contributed by atoms with Crippen molar-refractivity contribution < 1.29 is 14.3 Å². The maximum atomic E-state index is 13.1. The molecule has 0 bridgehead atoms. The molecule has 3 rings (SSSR count). The fraction of sp³-hybridized carbons (Fsp3) is 0.409. The Balaban J connectivity index is 1.67. The van der Waals surface area contributed by atoms with Gasteiger partial charge in [-0.05, 0) is 49.6 Å². The van der Waals surface area contributed by atoms with Gasteiger partial charge in [-0.25, -0.2) is 0 Å². The normalized spacial score (nSPS) is 16.3. The SMILES string of the molecule is NCCCN(Cc1ccccc1)C(=O)c1cccc(OCC2CCCO2)c1. The largest absolute Gasteiger partial charge is 0.491 e. The molecule has 2 aromatic rings. The van der Waals surface area contributed by atoms with Crippen LogP contribution in [0.2, 0.25) is 0 Å². The minimum atomic E-state index is -0.00475. The lowest BCUT2D eigenvalue weighted by atomic mass is 10.1. The molecule has 5 nitrogen and oxygen atoms in total. The first kappa shape index (κ1) is 19.4. The predicted molar refractivity (Wildman–Crippen MR) is 106 cm³/mol. The van der Waals surface area contributed by atoms with Gasteiger partial charge in [-0.2, -0.15) is 0 Å². The number of carbonyl (C=O) groups is 1. The fourth-order valence-electron chi connectivity index (χ4n) is 3.20. The molecule has 0 saturated carbocycles. The van der Waals surface area contributed by atoms with Gasteiger partial charge in [0.2, 0.25) is 0 Å². The summed E-state index contributed by atoms with van der Waals surface area (Å²) in [5, 5.41) is 0. The predicted octanol–water partition coefficient (Wildman–Crippen LogP) is 3.24. The standard InChI is InChI=1S/C22H28N2O3/c23-12-6-13-24(16-18-7-2-1-3-8-18)22(25)19-9-4-10-20(15-19)27-17-21-11-5-14-26-21/h1-4,7-10,15,21H,5-6,11-14,16-17,23H2. The zero-order valence-corrected chi connectivity index (χ0v) is 15.7. The topological polar surface area (TPSA) is 64.8 Å². The highest BCUT2D eigenvalue weighted by Gasteiger charge is 2.18. The third-order valence-electron chi connectivity index (χ3n) is 4.68. The van der Waals surface area contributed by atoms with Crippen LogP contribution in [0.25, 0.3) is 0 Å². The number of hydrogen-bond donors (Lipinski definition) is 1. The van der Waals surface area contributed by atoms with Crippen molar-refractivity contribution in [3.63, 3.8) is 0 Å². The van der Waals surface area contributed by atoms with E-state index in [-0.39, 0.29) is 12.0 Å². The lowest BCUT2D eigenvalue weighted by Crippen LogP contribution is -2.32. The van der Waals surface area contributed by atoms with Gasteiger partial charge in [0.15, 0.2) is 0 Å². The van der Waals surface area contributed by atoms with E-state index in [1.807, 2.05) is 59.5 Å². The summed E-state index contributed by atoms with van der Waals surface area (Å²) in [4.78, 5) is 14.9. The molecule has 0 aromatic heterocycles. The second-order valence-electron chi connectivity index (χ2n) is 6.83. The van der Waals surface area contributed by atoms with E-state index in [4.69, 9.17) is 15.2 Å². The summed E-state index contributed by atoms with van der Waals surface area (Å²) in [5.41, 5.74) is 7.40. The molecule has 1 atom stereocenters. The summed E-state index contributed by atoms with van der Waals surface area (Å²) in [6, 6.07) is 17.4. The van der Waals surface area contributed by atoms with Crippen molar-refractivity contribution in [2.24, 2.45) is 5.73 Å². The van der Waals surface area contributed by atoms with E-state index in [2.05, 4.69) is 0 Å². The van der Waals surface area contributed by atoms with Gasteiger partial charge in [-0.15, -0.1) is 0 Å². The molecular weight excluding hydrogens is 340 g/mol. The average molecular weight is 368 g/mol. The maximum Gasteiger partial charge on any atom is 0.254 e. The Kier molecular flexibility index (Phi) is 7.25. The van der Waals surface area contributed by atoms with Crippen LogP contribution < -0.4 is 10.5 Å². The third kappa shape index (κ3) is 5.81. The number of carbonyl (C=O) groups excluding carboxylic acids is 1. The van der Waals surface area contributed by atoms with Crippen molar-refractivity contribution in [2.45, 2.75) is 31.9 Å². The molecular formula is C22H28N2O3. The first-order valence-corrected chi connectivity index (χ1v) is 9.64. The van der Waals surface area contributed by atoms with Crippen molar-refractivity contribution in [3.05, 3.63) is 65.7 Å². The fourth-order valence-corrected chi connectivity index (χ4v) is 3.20. The van der Waals surface area contributed by atoms with Gasteiger partial charge in [-0.3, -0.25) is 4.79 Å². The van der Waals surface area contributed by atoms with Crippen LogP contribution in [-0.2, 0) is 11.3 Å². The summed E-state index contributed by atoms with van der Waals surface area (Å²) < 4.78 is 11.4. The molecule has 144 valence electrons. The maximum absolute atomic E-state index is 13.1. The number of nitrogens with zero attached hydrogens (tertiary/aromatic N) is 1. The molecule has 2 aromatic carbocycles. The molecule has 1 saturated heterocycles. The van der Waals surface area contributed by atoms with Crippen molar-refractivity contribution in [1.82, 2.24) is 4.90 Å². The van der Waals surface area contributed by atoms with Crippen LogP contribution in [0, 0.1) is 0 Å². The van der Waals surface area contributed by atoms with Crippen molar-refractivity contribution >= 4 is 5.91 Å². The average Bonchev–Trinajstić information content (AvgIpc) is 3.24. The van der Waals surface area contributed by atoms with E-state index in [1.165, 1.54) is 0 Å². The third-order valence-corrected chi connectivity index (χ3v) is 4.68. The van der Waals surface area contributed by atoms with E-state index >= 15 is 0 Å². The molecule has 0 spiro atoms. The van der Waals surface area contributed by atoms with Gasteiger partial charge in [0.1, 0.15) is 12.4 Å². The lowest BCUT2D eigenvalue weighted by Gasteiger charge is -2.23. The van der Waals surface area contributed by atoms with Crippen LogP contribution in [-0.4, -0.2) is 43.2 Å². The van der Waals surface area contributed by atoms with E-state index < -0.39 is 0 Å². The number of rotatable bonds is 9. The Labute approximate surface area is 161 Å². The minimum absolute atomic E-state index is 0.00475. The van der Waals surface area contributed by atoms with Crippen LogP contribution in [0.3, 0.4) is 0 Å². The number of hydrogen-bond acceptors (Lipinski definition) is 4. The first-order valence-electron chi connectivity index (χ1n) is 9.64. The van der Waals surface area contributed by atoms with Gasteiger partial charge in [0.25, 0.3) is 5.91 Å².